The minimum atomic E-state index is -1.54. The van der Waals surface area contributed by atoms with E-state index in [0.717, 1.165) is 84.5 Å². The molecule has 7 atom stereocenters. The number of carbonyl (C=O) groups is 3. The second kappa shape index (κ2) is 34.4. The van der Waals surface area contributed by atoms with Gasteiger partial charge in [-0.25, -0.2) is 9.78 Å². The van der Waals surface area contributed by atoms with Gasteiger partial charge in [0.2, 0.25) is 23.8 Å². The van der Waals surface area contributed by atoms with Crippen molar-refractivity contribution in [3.8, 4) is 0 Å². The number of rotatable bonds is 17. The summed E-state index contributed by atoms with van der Waals surface area (Å²) in [6, 6.07) is 49.6. The van der Waals surface area contributed by atoms with Crippen LogP contribution in [0.4, 0.5) is 17.1 Å². The maximum atomic E-state index is 12.4. The number of aliphatic hydroxyl groups is 3. The predicted octanol–water partition coefficient (Wildman–Crippen LogP) is 11.9. The number of imidazole rings is 1. The number of fused-ring (bicyclic) bond motifs is 5. The smallest absolute Gasteiger partial charge is 0.338 e. The molecule has 97 heavy (non-hydrogen) atoms. The lowest BCUT2D eigenvalue weighted by atomic mass is 9.45. The number of esters is 1. The first-order valence-electron chi connectivity index (χ1n) is 32.5. The molecule has 15 N–H and O–H groups in total. The van der Waals surface area contributed by atoms with E-state index < -0.39 is 35.0 Å². The summed E-state index contributed by atoms with van der Waals surface area (Å²) in [5.74, 6) is 0.396. The Bertz CT molecular complexity index is 3770. The number of ether oxygens (including phenoxy) is 1. The van der Waals surface area contributed by atoms with Gasteiger partial charge in [-0.3, -0.25) is 19.6 Å². The Balaban J connectivity index is 0.000000173. The molecule has 23 heteroatoms. The Morgan fingerprint density at radius 3 is 1.75 bits per heavy atom. The molecule has 3 fully saturated rings. The van der Waals surface area contributed by atoms with E-state index in [1.165, 1.54) is 5.57 Å². The van der Waals surface area contributed by atoms with Crippen molar-refractivity contribution in [3.63, 3.8) is 0 Å². The number of anilines is 3. The molecule has 20 nitrogen and oxygen atoms in total. The topological polar surface area (TPSA) is 343 Å². The number of halogens is 3. The summed E-state index contributed by atoms with van der Waals surface area (Å²) in [6.45, 7) is 6.75. The van der Waals surface area contributed by atoms with Crippen molar-refractivity contribution < 1.29 is 34.4 Å². The molecule has 0 radical (unpaired) electrons. The number of guanidine groups is 4. The molecule has 512 valence electrons. The molecule has 4 aliphatic rings. The summed E-state index contributed by atoms with van der Waals surface area (Å²) in [6.07, 6.45) is 15.1. The third-order valence-electron chi connectivity index (χ3n) is 18.9. The highest BCUT2D eigenvalue weighted by atomic mass is 35.5. The fourth-order valence-electron chi connectivity index (χ4n) is 14.3. The van der Waals surface area contributed by atoms with Gasteiger partial charge in [0.15, 0.2) is 11.6 Å². The predicted molar refractivity (Wildman–Crippen MR) is 389 cm³/mol. The van der Waals surface area contributed by atoms with Gasteiger partial charge in [0.1, 0.15) is 17.7 Å². The van der Waals surface area contributed by atoms with Gasteiger partial charge in [-0.2, -0.15) is 9.98 Å². The summed E-state index contributed by atoms with van der Waals surface area (Å²) in [4.78, 5) is 56.1. The molecule has 0 spiro atoms. The summed E-state index contributed by atoms with van der Waals surface area (Å²) >= 11 is 18.4. The van der Waals surface area contributed by atoms with Crippen LogP contribution in [0.2, 0.25) is 15.1 Å². The van der Waals surface area contributed by atoms with E-state index in [0.29, 0.717) is 60.3 Å². The van der Waals surface area contributed by atoms with Crippen molar-refractivity contribution in [3.05, 3.63) is 225 Å². The molecule has 0 saturated heterocycles. The second-order valence-corrected chi connectivity index (χ2v) is 26.2. The average molecular weight is 1380 g/mol. The maximum absolute atomic E-state index is 12.4. The minimum absolute atomic E-state index is 0.0697. The third kappa shape index (κ3) is 18.2. The molecule has 3 saturated carbocycles. The van der Waals surface area contributed by atoms with E-state index >= 15 is 0 Å². The first-order chi connectivity index (χ1) is 46.6. The van der Waals surface area contributed by atoms with Crippen LogP contribution in [0.1, 0.15) is 118 Å². The number of nitrogen functional groups attached to an aromatic ring is 1. The normalized spacial score (nSPS) is 22.2. The Kier molecular flexibility index (Phi) is 26.2. The average Bonchev–Trinajstić information content (AvgIpc) is 1.66. The molecule has 0 unspecified atom stereocenters. The van der Waals surface area contributed by atoms with Crippen LogP contribution in [0.5, 0.6) is 0 Å². The van der Waals surface area contributed by atoms with Crippen molar-refractivity contribution in [1.29, 1.82) is 0 Å². The number of Topliss-reactive ketones (excluding diaryl/α,β-unsaturated/α-hetero) is 1. The molecule has 0 aliphatic heterocycles. The monoisotopic (exact) mass is 1380 g/mol. The first kappa shape index (κ1) is 73.9. The van der Waals surface area contributed by atoms with Crippen LogP contribution < -0.4 is 39.3 Å². The lowest BCUT2D eigenvalue weighted by Crippen LogP contribution is -2.62. The van der Waals surface area contributed by atoms with Crippen LogP contribution in [0.3, 0.4) is 0 Å². The molecule has 4 aliphatic carbocycles. The SMILES string of the molecule is CCOC(=O)c1ccc(N)cc1.C[C@]12CCC(=O)C=C1CC[C@@H]1[C@@H]2[C@@H](O)C[C@@]2(C)[C@H]1CC[C@]2(O)C(=O)CO.Clc1ccccc1C(c1ccccc1)(c1ccccc1)n1ccnc1.NC(=NCCCCCCN=C(N)/N=C(\N)Nc1ccc(Cl)cc1)/N=C(\N)Nc1ccc(Cl)cc1. The largest absolute Gasteiger partial charge is 0.462 e. The van der Waals surface area contributed by atoms with E-state index in [2.05, 4.69) is 102 Å². The van der Waals surface area contributed by atoms with Crippen molar-refractivity contribution >= 4 is 93.2 Å². The third-order valence-corrected chi connectivity index (χ3v) is 19.8. The van der Waals surface area contributed by atoms with Gasteiger partial charge in [-0.05, 0) is 178 Å². The van der Waals surface area contributed by atoms with Gasteiger partial charge < -0.3 is 63.9 Å². The van der Waals surface area contributed by atoms with E-state index in [-0.39, 0.29) is 58.8 Å². The van der Waals surface area contributed by atoms with Gasteiger partial charge in [0.05, 0.1) is 24.6 Å². The van der Waals surface area contributed by atoms with Crippen molar-refractivity contribution in [2.45, 2.75) is 109 Å². The van der Waals surface area contributed by atoms with E-state index in [9.17, 15) is 29.7 Å². The summed E-state index contributed by atoms with van der Waals surface area (Å²) in [5.41, 5.74) is 32.9. The van der Waals surface area contributed by atoms with E-state index in [1.54, 1.807) is 92.0 Å². The van der Waals surface area contributed by atoms with Gasteiger partial charge in [-0.1, -0.05) is 146 Å². The zero-order valence-electron chi connectivity index (χ0n) is 54.9. The number of nitrogens with two attached hydrogens (primary N) is 5. The minimum Gasteiger partial charge on any atom is -0.462 e. The molecule has 11 rings (SSSR count). The number of hydrogen-bond donors (Lipinski definition) is 10. The number of aliphatic hydroxyl groups excluding tert-OH is 2. The Morgan fingerprint density at radius 1 is 0.711 bits per heavy atom. The Morgan fingerprint density at radius 2 is 1.25 bits per heavy atom. The van der Waals surface area contributed by atoms with E-state index in [4.69, 9.17) is 68.2 Å². The highest BCUT2D eigenvalue weighted by molar-refractivity contribution is 6.31. The number of nitrogens with zero attached hydrogens (tertiary/aromatic N) is 6. The zero-order chi connectivity index (χ0) is 69.8. The lowest BCUT2D eigenvalue weighted by molar-refractivity contribution is -0.182. The summed E-state index contributed by atoms with van der Waals surface area (Å²) in [5, 5.41) is 39.6. The second-order valence-electron chi connectivity index (χ2n) is 24.9. The van der Waals surface area contributed by atoms with Crippen LogP contribution in [-0.2, 0) is 19.9 Å². The van der Waals surface area contributed by atoms with E-state index in [1.807, 2.05) is 49.8 Å². The quantitative estimate of drug-likeness (QED) is 0.0101. The van der Waals surface area contributed by atoms with Crippen molar-refractivity contribution in [2.24, 2.45) is 71.5 Å². The van der Waals surface area contributed by atoms with Crippen molar-refractivity contribution in [2.75, 3.05) is 42.7 Å². The van der Waals surface area contributed by atoms with Gasteiger partial charge >= 0.3 is 5.97 Å². The number of aliphatic imine (C=N–C) groups is 4. The summed E-state index contributed by atoms with van der Waals surface area (Å²) in [7, 11) is 0. The van der Waals surface area contributed by atoms with Gasteiger partial charge in [-0.15, -0.1) is 0 Å². The first-order valence-corrected chi connectivity index (χ1v) is 33.7. The van der Waals surface area contributed by atoms with Crippen LogP contribution >= 0.6 is 34.8 Å². The van der Waals surface area contributed by atoms with Gasteiger partial charge in [0.25, 0.3) is 0 Å². The highest BCUT2D eigenvalue weighted by Crippen LogP contribution is 2.67. The number of nitrogens with one attached hydrogen (secondary N) is 2. The molecule has 0 amide bonds. The molecule has 1 heterocycles. The van der Waals surface area contributed by atoms with Crippen LogP contribution in [0, 0.1) is 28.6 Å². The number of benzene rings is 6. The molecular formula is C74H88Cl3N13O7. The number of hydrogen-bond acceptors (Lipinski definition) is 11. The number of carbonyl (C=O) groups excluding carboxylic acids is 3. The highest BCUT2D eigenvalue weighted by Gasteiger charge is 2.68. The molecule has 7 aromatic rings. The van der Waals surface area contributed by atoms with Gasteiger partial charge in [0, 0.05) is 75.0 Å². The summed E-state index contributed by atoms with van der Waals surface area (Å²) < 4.78 is 6.91. The van der Waals surface area contributed by atoms with Crippen LogP contribution in [0.25, 0.3) is 0 Å². The number of aromatic nitrogens is 2. The van der Waals surface area contributed by atoms with Crippen molar-refractivity contribution in [1.82, 2.24) is 9.55 Å². The molecule has 0 bridgehead atoms. The number of unbranched alkanes of at least 4 members (excludes halogenated alkanes) is 3. The molecular weight excluding hydrogens is 1290 g/mol. The number of allylic oxidation sites excluding steroid dienone is 1. The van der Waals surface area contributed by atoms with Crippen LogP contribution in [0.15, 0.2) is 208 Å². The zero-order valence-corrected chi connectivity index (χ0v) is 57.2. The standard InChI is InChI=1S/C22H30Cl2N10.C22H17ClN2.C21H30O5.C9H11NO2/c23-15-5-9-17(10-6-15)31-21(27)33-19(25)29-13-3-1-2-4-14-30-20(26)34-22(28)32-18-11-7-16(24)8-12-18;23-21-14-8-7-13-20(21)22(25-16-15-24-17-25,18-9-3-1-4-10-18)19-11-5-2-6-12-19;1-19-7-5-13(23)9-12(19)3-4-14-15-6-8-21(26,17(25)11-22)20(15,2)10-16(24)18(14)19;1-2-12-9(11)7-3-5-8(10)6-4-7/h5-12H,1-4,13-14H2,(H5,25,27,29,31,33)(H5,26,28,30,32,34);1-17H;9,14-16,18,22,24,26H,3-8,10-11H2,1-2H3;3-6H,2,10H2,1H3/t;;14-,15-,16-,18+,19-,20-,21-;/m..0./s1. The Labute approximate surface area is 582 Å². The fraction of sp³-hybridized carbons (Fsp3) is 0.351. The number of ketones is 2. The lowest BCUT2D eigenvalue weighted by Gasteiger charge is -2.60. The fourth-order valence-corrected chi connectivity index (χ4v) is 14.8. The maximum Gasteiger partial charge on any atom is 0.338 e. The Hall–Kier alpha value is -8.89. The molecule has 6 aromatic carbocycles. The molecule has 1 aromatic heterocycles. The van der Waals surface area contributed by atoms with Crippen LogP contribution in [-0.4, -0.2) is 104 Å².